The Balaban J connectivity index is 2.42. The van der Waals surface area contributed by atoms with Crippen molar-refractivity contribution in [3.8, 4) is 17.1 Å². The number of hydrogen-bond donors (Lipinski definition) is 1. The standard InChI is InChI=1S/C10H10N4OS/c1-15-8-4-2-7(3-5-8)10-13-12-9(6-16)14(10)11/h2-6H,11H2,1H3. The molecule has 16 heavy (non-hydrogen) atoms. The first-order chi connectivity index (χ1) is 7.76. The van der Waals surface area contributed by atoms with E-state index in [1.807, 2.05) is 24.3 Å². The van der Waals surface area contributed by atoms with Crippen molar-refractivity contribution in [1.29, 1.82) is 0 Å². The topological polar surface area (TPSA) is 66.0 Å². The van der Waals surface area contributed by atoms with Gasteiger partial charge in [-0.05, 0) is 24.3 Å². The van der Waals surface area contributed by atoms with Crippen LogP contribution < -0.4 is 10.6 Å². The molecule has 0 atom stereocenters. The van der Waals surface area contributed by atoms with Crippen LogP contribution in [0.1, 0.15) is 5.82 Å². The summed E-state index contributed by atoms with van der Waals surface area (Å²) in [4.78, 5) is 0. The average Bonchev–Trinajstić information content (AvgIpc) is 2.70. The van der Waals surface area contributed by atoms with Crippen molar-refractivity contribution in [2.75, 3.05) is 13.0 Å². The molecule has 0 unspecified atom stereocenters. The first-order valence-electron chi connectivity index (χ1n) is 4.56. The van der Waals surface area contributed by atoms with Crippen LogP contribution in [0.5, 0.6) is 5.75 Å². The van der Waals surface area contributed by atoms with Gasteiger partial charge in [-0.2, -0.15) is 0 Å². The molecule has 0 fully saturated rings. The number of aromatic nitrogens is 3. The van der Waals surface area contributed by atoms with Crippen LogP contribution in [0.2, 0.25) is 0 Å². The van der Waals surface area contributed by atoms with Crippen LogP contribution in [-0.4, -0.2) is 27.4 Å². The Morgan fingerprint density at radius 1 is 1.31 bits per heavy atom. The lowest BCUT2D eigenvalue weighted by Gasteiger charge is -2.03. The van der Waals surface area contributed by atoms with Gasteiger partial charge in [0.05, 0.1) is 7.11 Å². The fourth-order valence-corrected chi connectivity index (χ4v) is 1.48. The highest BCUT2D eigenvalue weighted by Gasteiger charge is 2.09. The normalized spacial score (nSPS) is 10.1. The van der Waals surface area contributed by atoms with Gasteiger partial charge >= 0.3 is 0 Å². The highest BCUT2D eigenvalue weighted by Crippen LogP contribution is 2.19. The largest absolute Gasteiger partial charge is 0.497 e. The molecule has 0 radical (unpaired) electrons. The lowest BCUT2D eigenvalue weighted by Crippen LogP contribution is -2.13. The number of hydrogen-bond acceptors (Lipinski definition) is 5. The van der Waals surface area contributed by atoms with E-state index in [-0.39, 0.29) is 0 Å². The number of nitrogens with zero attached hydrogens (tertiary/aromatic N) is 3. The molecule has 0 aliphatic rings. The van der Waals surface area contributed by atoms with E-state index < -0.39 is 0 Å². The fourth-order valence-electron chi connectivity index (χ4n) is 1.32. The zero-order chi connectivity index (χ0) is 11.5. The summed E-state index contributed by atoms with van der Waals surface area (Å²) in [5.41, 5.74) is 0.860. The van der Waals surface area contributed by atoms with Crippen LogP contribution in [0.15, 0.2) is 24.3 Å². The van der Waals surface area contributed by atoms with Crippen molar-refractivity contribution in [2.45, 2.75) is 0 Å². The van der Waals surface area contributed by atoms with E-state index in [9.17, 15) is 0 Å². The summed E-state index contributed by atoms with van der Waals surface area (Å²) in [6, 6.07) is 7.39. The van der Waals surface area contributed by atoms with Crippen molar-refractivity contribution in [3.63, 3.8) is 0 Å². The number of nitrogens with two attached hydrogens (primary N) is 1. The maximum Gasteiger partial charge on any atom is 0.186 e. The molecule has 0 aliphatic heterocycles. The number of rotatable bonds is 3. The third kappa shape index (κ3) is 1.74. The van der Waals surface area contributed by atoms with Crippen molar-refractivity contribution >= 4 is 17.6 Å². The van der Waals surface area contributed by atoms with Gasteiger partial charge in [0.2, 0.25) is 0 Å². The number of methoxy groups -OCH3 is 1. The van der Waals surface area contributed by atoms with Crippen molar-refractivity contribution < 1.29 is 4.74 Å². The molecule has 0 spiro atoms. The lowest BCUT2D eigenvalue weighted by molar-refractivity contribution is 0.415. The molecule has 2 N–H and O–H groups in total. The number of nitrogen functional groups attached to an aromatic ring is 1. The van der Waals surface area contributed by atoms with E-state index >= 15 is 0 Å². The predicted molar refractivity (Wildman–Crippen MR) is 64.9 cm³/mol. The van der Waals surface area contributed by atoms with Gasteiger partial charge in [-0.1, -0.05) is 12.2 Å². The van der Waals surface area contributed by atoms with Crippen LogP contribution >= 0.6 is 12.2 Å². The van der Waals surface area contributed by atoms with E-state index in [2.05, 4.69) is 10.2 Å². The third-order valence-corrected chi connectivity index (χ3v) is 2.39. The molecule has 1 aromatic heterocycles. The molecule has 1 aromatic carbocycles. The van der Waals surface area contributed by atoms with E-state index in [1.165, 1.54) is 10.0 Å². The Hall–Kier alpha value is -1.95. The van der Waals surface area contributed by atoms with Crippen molar-refractivity contribution in [2.24, 2.45) is 0 Å². The SMILES string of the molecule is COc1ccc(-c2nnc(C=S)n2N)cc1. The molecule has 0 amide bonds. The molecule has 82 valence electrons. The number of benzene rings is 1. The molecular formula is C10H10N4OS. The first-order valence-corrected chi connectivity index (χ1v) is 5.03. The van der Waals surface area contributed by atoms with Gasteiger partial charge in [0, 0.05) is 10.9 Å². The molecular weight excluding hydrogens is 224 g/mol. The Bertz CT molecular complexity index is 506. The monoisotopic (exact) mass is 234 g/mol. The van der Waals surface area contributed by atoms with Crippen LogP contribution in [-0.2, 0) is 0 Å². The quantitative estimate of drug-likeness (QED) is 0.634. The summed E-state index contributed by atoms with van der Waals surface area (Å²) < 4.78 is 6.42. The molecule has 0 bridgehead atoms. The minimum Gasteiger partial charge on any atom is -0.497 e. The molecule has 1 heterocycles. The lowest BCUT2D eigenvalue weighted by atomic mass is 10.2. The first kappa shape index (κ1) is 10.6. The molecule has 0 saturated carbocycles. The van der Waals surface area contributed by atoms with Gasteiger partial charge in [-0.15, -0.1) is 10.2 Å². The third-order valence-electron chi connectivity index (χ3n) is 2.18. The van der Waals surface area contributed by atoms with E-state index in [1.54, 1.807) is 7.11 Å². The fraction of sp³-hybridized carbons (Fsp3) is 0.100. The highest BCUT2D eigenvalue weighted by molar-refractivity contribution is 7.79. The second-order valence-electron chi connectivity index (χ2n) is 3.10. The zero-order valence-electron chi connectivity index (χ0n) is 8.62. The second kappa shape index (κ2) is 4.28. The Morgan fingerprint density at radius 2 is 2.00 bits per heavy atom. The molecule has 0 aliphatic carbocycles. The number of thiocarbonyl (C=S) groups is 1. The Labute approximate surface area is 97.8 Å². The zero-order valence-corrected chi connectivity index (χ0v) is 9.44. The van der Waals surface area contributed by atoms with Gasteiger partial charge in [-0.3, -0.25) is 0 Å². The summed E-state index contributed by atoms with van der Waals surface area (Å²) in [5, 5.41) is 9.20. The second-order valence-corrected chi connectivity index (χ2v) is 3.33. The molecule has 0 saturated heterocycles. The maximum absolute atomic E-state index is 5.78. The van der Waals surface area contributed by atoms with Gasteiger partial charge < -0.3 is 10.6 Å². The van der Waals surface area contributed by atoms with Crippen LogP contribution in [0.3, 0.4) is 0 Å². The van der Waals surface area contributed by atoms with Gasteiger partial charge in [0.1, 0.15) is 5.75 Å². The summed E-state index contributed by atoms with van der Waals surface area (Å²) in [5.74, 6) is 7.59. The average molecular weight is 234 g/mol. The maximum atomic E-state index is 5.78. The van der Waals surface area contributed by atoms with E-state index in [0.717, 1.165) is 11.3 Å². The van der Waals surface area contributed by atoms with Crippen LogP contribution in [0.25, 0.3) is 11.4 Å². The van der Waals surface area contributed by atoms with Gasteiger partial charge in [0.15, 0.2) is 11.6 Å². The van der Waals surface area contributed by atoms with Gasteiger partial charge in [-0.25, -0.2) is 4.68 Å². The Morgan fingerprint density at radius 3 is 2.50 bits per heavy atom. The van der Waals surface area contributed by atoms with Crippen LogP contribution in [0.4, 0.5) is 0 Å². The van der Waals surface area contributed by atoms with Crippen LogP contribution in [0, 0.1) is 0 Å². The minimum absolute atomic E-state index is 0.459. The summed E-state index contributed by atoms with van der Waals surface area (Å²) in [7, 11) is 1.62. The smallest absolute Gasteiger partial charge is 0.186 e. The van der Waals surface area contributed by atoms with E-state index in [0.29, 0.717) is 11.6 Å². The molecule has 2 aromatic rings. The highest BCUT2D eigenvalue weighted by atomic mass is 32.1. The summed E-state index contributed by atoms with van der Waals surface area (Å²) in [6.07, 6.45) is 0. The van der Waals surface area contributed by atoms with E-state index in [4.69, 9.17) is 22.8 Å². The molecule has 5 nitrogen and oxygen atoms in total. The molecule has 2 rings (SSSR count). The summed E-state index contributed by atoms with van der Waals surface area (Å²) >= 11 is 4.76. The predicted octanol–water partition coefficient (Wildman–Crippen LogP) is 1.02. The van der Waals surface area contributed by atoms with Crippen molar-refractivity contribution in [3.05, 3.63) is 30.1 Å². The van der Waals surface area contributed by atoms with Gasteiger partial charge in [0.25, 0.3) is 0 Å². The minimum atomic E-state index is 0.459. The molecule has 6 heteroatoms. The Kier molecular flexibility index (Phi) is 2.82. The number of ether oxygens (including phenoxy) is 1. The summed E-state index contributed by atoms with van der Waals surface area (Å²) in [6.45, 7) is 0. The van der Waals surface area contributed by atoms with Crippen molar-refractivity contribution in [1.82, 2.24) is 14.9 Å².